The van der Waals surface area contributed by atoms with E-state index in [-0.39, 0.29) is 12.0 Å². The van der Waals surface area contributed by atoms with E-state index in [1.807, 2.05) is 13.0 Å². The van der Waals surface area contributed by atoms with Crippen molar-refractivity contribution in [2.24, 2.45) is 0 Å². The number of nitrogens with one attached hydrogen (secondary N) is 1. The van der Waals surface area contributed by atoms with Gasteiger partial charge in [-0.2, -0.15) is 5.26 Å². The fraction of sp³-hybridized carbons (Fsp3) is 0.250. The van der Waals surface area contributed by atoms with E-state index in [1.54, 1.807) is 6.07 Å². The molecule has 1 aromatic heterocycles. The maximum absolute atomic E-state index is 10.8. The van der Waals surface area contributed by atoms with E-state index in [1.165, 1.54) is 6.07 Å². The van der Waals surface area contributed by atoms with Crippen molar-refractivity contribution in [2.75, 3.05) is 0 Å². The van der Waals surface area contributed by atoms with E-state index in [9.17, 15) is 4.79 Å². The maximum atomic E-state index is 10.8. The molecule has 0 atom stereocenters. The van der Waals surface area contributed by atoms with E-state index in [2.05, 4.69) is 4.98 Å². The predicted molar refractivity (Wildman–Crippen MR) is 41.1 cm³/mol. The quantitative estimate of drug-likeness (QED) is 0.638. The first kappa shape index (κ1) is 7.55. The van der Waals surface area contributed by atoms with Crippen LogP contribution in [0, 0.1) is 18.3 Å². The van der Waals surface area contributed by atoms with Gasteiger partial charge in [0.05, 0.1) is 12.5 Å². The van der Waals surface area contributed by atoms with Crippen LogP contribution in [0.2, 0.25) is 0 Å². The number of aryl methyl sites for hydroxylation is 1. The zero-order chi connectivity index (χ0) is 8.27. The molecule has 0 aliphatic carbocycles. The largest absolute Gasteiger partial charge is 0.325 e. The first-order chi connectivity index (χ1) is 5.24. The molecule has 0 amide bonds. The first-order valence-electron chi connectivity index (χ1n) is 3.30. The van der Waals surface area contributed by atoms with E-state index >= 15 is 0 Å². The normalized spacial score (nSPS) is 9.09. The fourth-order valence-corrected chi connectivity index (χ4v) is 0.853. The fourth-order valence-electron chi connectivity index (χ4n) is 0.853. The lowest BCUT2D eigenvalue weighted by molar-refractivity contribution is 1.05. The lowest BCUT2D eigenvalue weighted by Crippen LogP contribution is -2.07. The lowest BCUT2D eigenvalue weighted by atomic mass is 10.2. The van der Waals surface area contributed by atoms with Crippen molar-refractivity contribution < 1.29 is 0 Å². The number of hydrogen-bond acceptors (Lipinski definition) is 2. The summed E-state index contributed by atoms with van der Waals surface area (Å²) in [5.74, 6) is 0. The average molecular weight is 148 g/mol. The van der Waals surface area contributed by atoms with Crippen LogP contribution in [0.4, 0.5) is 0 Å². The zero-order valence-corrected chi connectivity index (χ0v) is 6.22. The van der Waals surface area contributed by atoms with Gasteiger partial charge in [-0.05, 0) is 12.5 Å². The van der Waals surface area contributed by atoms with Crippen molar-refractivity contribution in [3.63, 3.8) is 0 Å². The molecule has 3 nitrogen and oxygen atoms in total. The zero-order valence-electron chi connectivity index (χ0n) is 6.22. The molecule has 0 saturated heterocycles. The molecule has 0 bridgehead atoms. The van der Waals surface area contributed by atoms with Crippen molar-refractivity contribution in [2.45, 2.75) is 13.3 Å². The van der Waals surface area contributed by atoms with Crippen LogP contribution >= 0.6 is 0 Å². The summed E-state index contributed by atoms with van der Waals surface area (Å²) in [4.78, 5) is 13.4. The maximum Gasteiger partial charge on any atom is 0.248 e. The summed E-state index contributed by atoms with van der Waals surface area (Å²) in [5, 5.41) is 8.36. The second-order valence-electron chi connectivity index (χ2n) is 2.32. The van der Waals surface area contributed by atoms with Gasteiger partial charge < -0.3 is 4.98 Å². The molecule has 56 valence electrons. The number of H-pyrrole nitrogens is 1. The Balaban J connectivity index is 3.15. The topological polar surface area (TPSA) is 56.6 Å². The highest BCUT2D eigenvalue weighted by molar-refractivity contribution is 5.20. The highest BCUT2D eigenvalue weighted by Gasteiger charge is 1.96. The van der Waals surface area contributed by atoms with Gasteiger partial charge in [0.2, 0.25) is 5.56 Å². The van der Waals surface area contributed by atoms with Crippen molar-refractivity contribution in [1.29, 1.82) is 5.26 Å². The molecule has 0 unspecified atom stereocenters. The molecule has 0 radical (unpaired) electrons. The van der Waals surface area contributed by atoms with Crippen LogP contribution in [0.15, 0.2) is 16.9 Å². The van der Waals surface area contributed by atoms with Crippen LogP contribution in [0.1, 0.15) is 11.3 Å². The van der Waals surface area contributed by atoms with Gasteiger partial charge in [-0.15, -0.1) is 0 Å². The molecule has 1 aromatic rings. The van der Waals surface area contributed by atoms with Gasteiger partial charge in [-0.1, -0.05) is 6.07 Å². The average Bonchev–Trinajstić information content (AvgIpc) is 1.98. The minimum atomic E-state index is -0.152. The Morgan fingerprint density at radius 3 is 3.00 bits per heavy atom. The number of nitrogens with zero attached hydrogens (tertiary/aromatic N) is 1. The second-order valence-corrected chi connectivity index (χ2v) is 2.32. The minimum Gasteiger partial charge on any atom is -0.325 e. The molecule has 0 aliphatic rings. The van der Waals surface area contributed by atoms with Gasteiger partial charge in [0.1, 0.15) is 0 Å². The molecule has 0 aromatic carbocycles. The molecular formula is C8H8N2O. The Morgan fingerprint density at radius 2 is 2.36 bits per heavy atom. The lowest BCUT2D eigenvalue weighted by Gasteiger charge is -1.97. The molecule has 1 heterocycles. The van der Waals surface area contributed by atoms with Crippen LogP contribution in [0.25, 0.3) is 0 Å². The van der Waals surface area contributed by atoms with Crippen LogP contribution in [-0.4, -0.2) is 4.98 Å². The van der Waals surface area contributed by atoms with Gasteiger partial charge in [0, 0.05) is 11.8 Å². The van der Waals surface area contributed by atoms with Crippen LogP contribution in [0.5, 0.6) is 0 Å². The first-order valence-corrected chi connectivity index (χ1v) is 3.30. The third kappa shape index (κ3) is 1.68. The number of aromatic amines is 1. The Labute approximate surface area is 64.3 Å². The van der Waals surface area contributed by atoms with Crippen LogP contribution in [-0.2, 0) is 6.42 Å². The van der Waals surface area contributed by atoms with E-state index in [0.29, 0.717) is 5.69 Å². The van der Waals surface area contributed by atoms with Crippen molar-refractivity contribution in [1.82, 2.24) is 4.98 Å². The molecule has 1 N–H and O–H groups in total. The minimum absolute atomic E-state index is 0.152. The van der Waals surface area contributed by atoms with Crippen LogP contribution < -0.4 is 5.56 Å². The summed E-state index contributed by atoms with van der Waals surface area (Å²) < 4.78 is 0. The van der Waals surface area contributed by atoms with Gasteiger partial charge in [0.15, 0.2) is 0 Å². The van der Waals surface area contributed by atoms with E-state index in [4.69, 9.17) is 5.26 Å². The van der Waals surface area contributed by atoms with E-state index in [0.717, 1.165) is 5.56 Å². The van der Waals surface area contributed by atoms with Gasteiger partial charge >= 0.3 is 0 Å². The molecule has 3 heteroatoms. The van der Waals surface area contributed by atoms with Crippen molar-refractivity contribution >= 4 is 0 Å². The van der Waals surface area contributed by atoms with Crippen molar-refractivity contribution in [3.05, 3.63) is 33.7 Å². The SMILES string of the molecule is Cc1ccc(=O)[nH]c1CC#N. The third-order valence-electron chi connectivity index (χ3n) is 1.49. The molecular weight excluding hydrogens is 140 g/mol. The summed E-state index contributed by atoms with van der Waals surface area (Å²) in [6.07, 6.45) is 0.266. The Morgan fingerprint density at radius 1 is 1.64 bits per heavy atom. The second kappa shape index (κ2) is 3.02. The summed E-state index contributed by atoms with van der Waals surface area (Å²) in [7, 11) is 0. The van der Waals surface area contributed by atoms with Gasteiger partial charge in [-0.3, -0.25) is 4.79 Å². The highest BCUT2D eigenvalue weighted by atomic mass is 16.1. The predicted octanol–water partition coefficient (Wildman–Crippen LogP) is 0.749. The molecule has 11 heavy (non-hydrogen) atoms. The van der Waals surface area contributed by atoms with Gasteiger partial charge in [-0.25, -0.2) is 0 Å². The monoisotopic (exact) mass is 148 g/mol. The molecule has 0 spiro atoms. The third-order valence-corrected chi connectivity index (χ3v) is 1.49. The number of rotatable bonds is 1. The number of aromatic nitrogens is 1. The molecule has 0 fully saturated rings. The number of nitriles is 1. The summed E-state index contributed by atoms with van der Waals surface area (Å²) in [6.45, 7) is 1.86. The molecule has 0 aliphatic heterocycles. The van der Waals surface area contributed by atoms with Gasteiger partial charge in [0.25, 0.3) is 0 Å². The standard InChI is InChI=1S/C8H8N2O/c1-6-2-3-8(11)10-7(6)4-5-9/h2-3H,4H2,1H3,(H,10,11). The van der Waals surface area contributed by atoms with Crippen LogP contribution in [0.3, 0.4) is 0 Å². The van der Waals surface area contributed by atoms with E-state index < -0.39 is 0 Å². The highest BCUT2D eigenvalue weighted by Crippen LogP contribution is 1.99. The Bertz CT molecular complexity index is 346. The summed E-state index contributed by atoms with van der Waals surface area (Å²) >= 11 is 0. The Kier molecular flexibility index (Phi) is 2.07. The summed E-state index contributed by atoms with van der Waals surface area (Å²) in [6, 6.07) is 5.15. The Hall–Kier alpha value is -1.56. The molecule has 0 saturated carbocycles. The number of hydrogen-bond donors (Lipinski definition) is 1. The number of pyridine rings is 1. The smallest absolute Gasteiger partial charge is 0.248 e. The summed E-state index contributed by atoms with van der Waals surface area (Å²) in [5.41, 5.74) is 1.51. The van der Waals surface area contributed by atoms with Crippen molar-refractivity contribution in [3.8, 4) is 6.07 Å². The molecule has 1 rings (SSSR count).